The van der Waals surface area contributed by atoms with E-state index in [4.69, 9.17) is 0 Å². The molecule has 0 heterocycles. The van der Waals surface area contributed by atoms with E-state index in [1.807, 2.05) is 12.1 Å². The average Bonchev–Trinajstić information content (AvgIpc) is 2.76. The molecule has 0 bridgehead atoms. The summed E-state index contributed by atoms with van der Waals surface area (Å²) in [5, 5.41) is 0. The summed E-state index contributed by atoms with van der Waals surface area (Å²) in [6.07, 6.45) is 5.37. The van der Waals surface area contributed by atoms with Gasteiger partial charge in [0.25, 0.3) is 0 Å². The second-order valence-electron chi connectivity index (χ2n) is 8.68. The summed E-state index contributed by atoms with van der Waals surface area (Å²) in [6, 6.07) is 18.5. The fourth-order valence-corrected chi connectivity index (χ4v) is 4.85. The number of allylic oxidation sites excluding steroid dienone is 1. The molecule has 0 N–H and O–H groups in total. The van der Waals surface area contributed by atoms with Gasteiger partial charge in [-0.2, -0.15) is 0 Å². The monoisotopic (exact) mass is 398 g/mol. The molecule has 1 atom stereocenters. The highest BCUT2D eigenvalue weighted by atomic mass is 19.1. The highest BCUT2D eigenvalue weighted by Gasteiger charge is 2.25. The highest BCUT2D eigenvalue weighted by Crippen LogP contribution is 2.41. The third-order valence-electron chi connectivity index (χ3n) is 6.54. The maximum atomic E-state index is 13.4. The average molecular weight is 399 g/mol. The molecule has 0 spiro atoms. The molecular formula is C29H31F. The lowest BCUT2D eigenvalue weighted by molar-refractivity contribution is 0.587. The Morgan fingerprint density at radius 2 is 1.47 bits per heavy atom. The molecular weight excluding hydrogens is 367 g/mol. The van der Waals surface area contributed by atoms with Crippen LogP contribution in [0.4, 0.5) is 4.39 Å². The minimum atomic E-state index is -0.189. The fourth-order valence-electron chi connectivity index (χ4n) is 4.85. The molecule has 1 unspecified atom stereocenters. The molecule has 30 heavy (non-hydrogen) atoms. The molecule has 1 aliphatic carbocycles. The van der Waals surface area contributed by atoms with Crippen molar-refractivity contribution in [2.24, 2.45) is 5.92 Å². The summed E-state index contributed by atoms with van der Waals surface area (Å²) < 4.78 is 13.4. The molecule has 0 saturated carbocycles. The number of halogens is 1. The summed E-state index contributed by atoms with van der Waals surface area (Å²) in [4.78, 5) is 0. The van der Waals surface area contributed by atoms with Crippen molar-refractivity contribution in [1.29, 1.82) is 0 Å². The van der Waals surface area contributed by atoms with Gasteiger partial charge in [0.05, 0.1) is 0 Å². The molecule has 0 aromatic heterocycles. The molecule has 0 amide bonds. The first-order valence-electron chi connectivity index (χ1n) is 11.2. The van der Waals surface area contributed by atoms with Crippen LogP contribution in [0.3, 0.4) is 0 Å². The minimum absolute atomic E-state index is 0.189. The van der Waals surface area contributed by atoms with E-state index >= 15 is 0 Å². The van der Waals surface area contributed by atoms with Crippen LogP contribution in [0.5, 0.6) is 0 Å². The second-order valence-corrected chi connectivity index (χ2v) is 8.68. The van der Waals surface area contributed by atoms with Gasteiger partial charge < -0.3 is 0 Å². The topological polar surface area (TPSA) is 0 Å². The van der Waals surface area contributed by atoms with Crippen LogP contribution < -0.4 is 0 Å². The molecule has 0 saturated heterocycles. The first-order chi connectivity index (χ1) is 14.5. The fraction of sp³-hybridized carbons (Fsp3) is 0.310. The van der Waals surface area contributed by atoms with E-state index in [1.54, 1.807) is 12.1 Å². The molecule has 154 valence electrons. The van der Waals surface area contributed by atoms with E-state index in [-0.39, 0.29) is 5.82 Å². The predicted octanol–water partition coefficient (Wildman–Crippen LogP) is 7.74. The Balaban J connectivity index is 1.67. The van der Waals surface area contributed by atoms with E-state index in [0.717, 1.165) is 37.7 Å². The van der Waals surface area contributed by atoms with Crippen LogP contribution >= 0.6 is 0 Å². The zero-order valence-corrected chi connectivity index (χ0v) is 18.4. The van der Waals surface area contributed by atoms with Crippen LogP contribution in [0, 0.1) is 18.7 Å². The molecule has 0 radical (unpaired) electrons. The maximum Gasteiger partial charge on any atom is 0.123 e. The van der Waals surface area contributed by atoms with Gasteiger partial charge in [-0.05, 0) is 107 Å². The smallest absolute Gasteiger partial charge is 0.123 e. The number of hydrogen-bond donors (Lipinski definition) is 0. The zero-order chi connectivity index (χ0) is 21.3. The van der Waals surface area contributed by atoms with Gasteiger partial charge in [-0.1, -0.05) is 62.9 Å². The Kier molecular flexibility index (Phi) is 5.90. The van der Waals surface area contributed by atoms with Crippen molar-refractivity contribution < 1.29 is 4.39 Å². The predicted molar refractivity (Wildman–Crippen MR) is 126 cm³/mol. The van der Waals surface area contributed by atoms with Gasteiger partial charge in [0.1, 0.15) is 5.82 Å². The van der Waals surface area contributed by atoms with Gasteiger partial charge in [-0.25, -0.2) is 4.39 Å². The van der Waals surface area contributed by atoms with Crippen LogP contribution in [0.1, 0.15) is 53.6 Å². The van der Waals surface area contributed by atoms with E-state index in [1.165, 1.54) is 44.5 Å². The molecule has 0 nitrogen and oxygen atoms in total. The van der Waals surface area contributed by atoms with Crippen molar-refractivity contribution in [3.8, 4) is 11.1 Å². The Morgan fingerprint density at radius 1 is 0.867 bits per heavy atom. The van der Waals surface area contributed by atoms with Gasteiger partial charge in [-0.15, -0.1) is 0 Å². The summed E-state index contributed by atoms with van der Waals surface area (Å²) in [7, 11) is 0. The first kappa shape index (κ1) is 20.6. The lowest BCUT2D eigenvalue weighted by Crippen LogP contribution is -2.16. The Bertz CT molecular complexity index is 1050. The zero-order valence-electron chi connectivity index (χ0n) is 18.4. The number of fused-ring (bicyclic) bond motifs is 1. The van der Waals surface area contributed by atoms with Gasteiger partial charge in [0.2, 0.25) is 0 Å². The third-order valence-corrected chi connectivity index (χ3v) is 6.54. The maximum absolute atomic E-state index is 13.4. The Labute approximate surface area is 180 Å². The molecule has 1 aliphatic rings. The van der Waals surface area contributed by atoms with Gasteiger partial charge >= 0.3 is 0 Å². The van der Waals surface area contributed by atoms with E-state index < -0.39 is 0 Å². The Morgan fingerprint density at radius 3 is 2.10 bits per heavy atom. The summed E-state index contributed by atoms with van der Waals surface area (Å²) in [5.41, 5.74) is 11.8. The van der Waals surface area contributed by atoms with Crippen LogP contribution in [-0.4, -0.2) is 0 Å². The number of aryl methyl sites for hydroxylation is 3. The Hall–Kier alpha value is -2.67. The SMILES string of the molecule is C=C1c2cc(C)cc(-c3ccc(F)cc3)c2CCC1Cc1cc(CC)cc(CC)c1. The third kappa shape index (κ3) is 4.12. The molecule has 0 fully saturated rings. The van der Waals surface area contributed by atoms with Crippen LogP contribution in [0.25, 0.3) is 16.7 Å². The van der Waals surface area contributed by atoms with E-state index in [2.05, 4.69) is 57.7 Å². The number of hydrogen-bond acceptors (Lipinski definition) is 0. The van der Waals surface area contributed by atoms with Crippen molar-refractivity contribution in [1.82, 2.24) is 0 Å². The van der Waals surface area contributed by atoms with E-state index in [0.29, 0.717) is 5.92 Å². The van der Waals surface area contributed by atoms with Crippen molar-refractivity contribution in [2.45, 2.75) is 52.9 Å². The summed E-state index contributed by atoms with van der Waals surface area (Å²) in [6.45, 7) is 11.2. The largest absolute Gasteiger partial charge is 0.207 e. The van der Waals surface area contributed by atoms with Gasteiger partial charge in [-0.3, -0.25) is 0 Å². The quantitative estimate of drug-likeness (QED) is 0.412. The molecule has 3 aromatic carbocycles. The standard InChI is InChI=1S/C29H31F/c1-5-21-15-22(6-2)17-23(16-21)18-25-9-12-27-28(20(25)4)13-19(3)14-29(27)24-7-10-26(30)11-8-24/h7-8,10-11,13-17,25H,4-6,9,12,18H2,1-3H3. The molecule has 0 aliphatic heterocycles. The minimum Gasteiger partial charge on any atom is -0.207 e. The van der Waals surface area contributed by atoms with Gasteiger partial charge in [0, 0.05) is 0 Å². The number of benzene rings is 3. The summed E-state index contributed by atoms with van der Waals surface area (Å²) >= 11 is 0. The number of rotatable bonds is 5. The molecule has 3 aromatic rings. The first-order valence-corrected chi connectivity index (χ1v) is 11.2. The van der Waals surface area contributed by atoms with Crippen molar-refractivity contribution >= 4 is 5.57 Å². The normalized spacial score (nSPS) is 15.9. The molecule has 4 rings (SSSR count). The van der Waals surface area contributed by atoms with Crippen molar-refractivity contribution in [2.75, 3.05) is 0 Å². The second kappa shape index (κ2) is 8.60. The van der Waals surface area contributed by atoms with Crippen LogP contribution in [-0.2, 0) is 25.7 Å². The van der Waals surface area contributed by atoms with Gasteiger partial charge in [0.15, 0.2) is 0 Å². The van der Waals surface area contributed by atoms with Crippen molar-refractivity contribution in [3.63, 3.8) is 0 Å². The lowest BCUT2D eigenvalue weighted by Gasteiger charge is -2.30. The van der Waals surface area contributed by atoms with E-state index in [9.17, 15) is 4.39 Å². The van der Waals surface area contributed by atoms with Crippen LogP contribution in [0.2, 0.25) is 0 Å². The molecule has 1 heteroatoms. The van der Waals surface area contributed by atoms with Crippen molar-refractivity contribution in [3.05, 3.63) is 100 Å². The highest BCUT2D eigenvalue weighted by molar-refractivity contribution is 5.79. The lowest BCUT2D eigenvalue weighted by atomic mass is 9.74. The summed E-state index contributed by atoms with van der Waals surface area (Å²) in [5.74, 6) is 0.280. The van der Waals surface area contributed by atoms with Crippen LogP contribution in [0.15, 0.2) is 61.2 Å².